The summed E-state index contributed by atoms with van der Waals surface area (Å²) < 4.78 is 1.73. The Bertz CT molecular complexity index is 705. The quantitative estimate of drug-likeness (QED) is 0.917. The van der Waals surface area contributed by atoms with Gasteiger partial charge in [-0.1, -0.05) is 23.2 Å². The minimum atomic E-state index is -0.156. The van der Waals surface area contributed by atoms with Crippen LogP contribution in [0, 0.1) is 0 Å². The second kappa shape index (κ2) is 4.58. The highest BCUT2D eigenvalue weighted by atomic mass is 35.5. The Morgan fingerprint density at radius 3 is 2.58 bits per heavy atom. The maximum Gasteiger partial charge on any atom is 0.274 e. The third-order valence-corrected chi connectivity index (χ3v) is 3.83. The van der Waals surface area contributed by atoms with Gasteiger partial charge in [0, 0.05) is 21.7 Å². The summed E-state index contributed by atoms with van der Waals surface area (Å²) in [7, 11) is 0. The van der Waals surface area contributed by atoms with Crippen LogP contribution in [0.3, 0.4) is 0 Å². The van der Waals surface area contributed by atoms with Gasteiger partial charge >= 0.3 is 0 Å². The normalized spacial score (nSPS) is 14.6. The molecule has 0 atom stereocenters. The van der Waals surface area contributed by atoms with Crippen LogP contribution in [0.4, 0.5) is 5.69 Å². The van der Waals surface area contributed by atoms with Crippen molar-refractivity contribution in [1.29, 1.82) is 0 Å². The number of aromatic nitrogens is 1. The molecule has 1 aliphatic rings. The molecule has 0 spiro atoms. The molecule has 0 bridgehead atoms. The number of nitrogens with two attached hydrogens (primary N) is 1. The first-order valence-electron chi connectivity index (χ1n) is 6.04. The zero-order valence-electron chi connectivity index (χ0n) is 10.1. The maximum atomic E-state index is 12.2. The van der Waals surface area contributed by atoms with Gasteiger partial charge in [0.05, 0.1) is 11.4 Å². The fourth-order valence-corrected chi connectivity index (χ4v) is 2.56. The molecule has 0 unspecified atom stereocenters. The number of hydrogen-bond acceptors (Lipinski definition) is 2. The number of benzene rings is 1. The Hall–Kier alpha value is -1.45. The molecular formula is C14H12Cl2N2O. The Balaban J connectivity index is 2.28. The molecule has 19 heavy (non-hydrogen) atoms. The molecular weight excluding hydrogens is 283 g/mol. The SMILES string of the molecule is Nc1ccc(-c2cc(Cl)ccc2Cl)n(C2CC2)c1=O. The van der Waals surface area contributed by atoms with E-state index in [1.165, 1.54) is 0 Å². The molecule has 1 fully saturated rings. The fourth-order valence-electron chi connectivity index (χ4n) is 2.18. The van der Waals surface area contributed by atoms with Gasteiger partial charge in [0.15, 0.2) is 0 Å². The van der Waals surface area contributed by atoms with Crippen LogP contribution in [0.2, 0.25) is 10.0 Å². The third-order valence-electron chi connectivity index (χ3n) is 3.26. The van der Waals surface area contributed by atoms with E-state index in [0.29, 0.717) is 10.0 Å². The lowest BCUT2D eigenvalue weighted by atomic mass is 10.1. The molecule has 1 heterocycles. The lowest BCUT2D eigenvalue weighted by Crippen LogP contribution is -2.23. The molecule has 0 amide bonds. The molecule has 1 aromatic heterocycles. The van der Waals surface area contributed by atoms with Crippen LogP contribution < -0.4 is 11.3 Å². The fraction of sp³-hybridized carbons (Fsp3) is 0.214. The summed E-state index contributed by atoms with van der Waals surface area (Å²) in [6, 6.07) is 8.90. The smallest absolute Gasteiger partial charge is 0.274 e. The van der Waals surface area contributed by atoms with Crippen molar-refractivity contribution < 1.29 is 0 Å². The molecule has 1 aliphatic carbocycles. The maximum absolute atomic E-state index is 12.2. The van der Waals surface area contributed by atoms with Gasteiger partial charge in [-0.3, -0.25) is 4.79 Å². The van der Waals surface area contributed by atoms with Crippen LogP contribution in [0.5, 0.6) is 0 Å². The van der Waals surface area contributed by atoms with Gasteiger partial charge in [-0.25, -0.2) is 0 Å². The highest BCUT2D eigenvalue weighted by Gasteiger charge is 2.28. The van der Waals surface area contributed by atoms with Crippen molar-refractivity contribution in [3.8, 4) is 11.3 Å². The van der Waals surface area contributed by atoms with Gasteiger partial charge in [-0.05, 0) is 43.2 Å². The van der Waals surface area contributed by atoms with Crippen LogP contribution in [-0.4, -0.2) is 4.57 Å². The van der Waals surface area contributed by atoms with Crippen molar-refractivity contribution in [2.75, 3.05) is 5.73 Å². The Labute approximate surface area is 120 Å². The highest BCUT2D eigenvalue weighted by molar-refractivity contribution is 6.35. The molecule has 98 valence electrons. The first-order valence-corrected chi connectivity index (χ1v) is 6.80. The summed E-state index contributed by atoms with van der Waals surface area (Å²) in [6.45, 7) is 0. The second-order valence-electron chi connectivity index (χ2n) is 4.70. The highest BCUT2D eigenvalue weighted by Crippen LogP contribution is 2.39. The number of pyridine rings is 1. The molecule has 0 radical (unpaired) electrons. The minimum absolute atomic E-state index is 0.156. The largest absolute Gasteiger partial charge is 0.394 e. The van der Waals surface area contributed by atoms with Crippen LogP contribution >= 0.6 is 23.2 Å². The summed E-state index contributed by atoms with van der Waals surface area (Å²) in [4.78, 5) is 12.2. The van der Waals surface area contributed by atoms with Crippen LogP contribution in [0.1, 0.15) is 18.9 Å². The van der Waals surface area contributed by atoms with E-state index in [2.05, 4.69) is 0 Å². The number of nitrogen functional groups attached to an aromatic ring is 1. The molecule has 1 aromatic carbocycles. The lowest BCUT2D eigenvalue weighted by molar-refractivity contribution is 0.718. The topological polar surface area (TPSA) is 48.0 Å². The van der Waals surface area contributed by atoms with Crippen molar-refractivity contribution in [3.63, 3.8) is 0 Å². The monoisotopic (exact) mass is 294 g/mol. The van der Waals surface area contributed by atoms with Crippen LogP contribution in [0.25, 0.3) is 11.3 Å². The standard InChI is InChI=1S/C14H12Cl2N2O/c15-8-1-4-11(16)10(7-8)13-6-5-12(17)14(19)18(13)9-2-3-9/h1,4-7,9H,2-3,17H2. The first kappa shape index (κ1) is 12.6. The van der Waals surface area contributed by atoms with Gasteiger partial charge in [0.2, 0.25) is 0 Å². The molecule has 3 rings (SSSR count). The molecule has 3 nitrogen and oxygen atoms in total. The van der Waals surface area contributed by atoms with E-state index in [9.17, 15) is 4.79 Å². The second-order valence-corrected chi connectivity index (χ2v) is 5.55. The Kier molecular flexibility index (Phi) is 3.03. The van der Waals surface area contributed by atoms with Crippen molar-refractivity contribution in [1.82, 2.24) is 4.57 Å². The summed E-state index contributed by atoms with van der Waals surface area (Å²) in [5.74, 6) is 0. The van der Waals surface area contributed by atoms with Crippen molar-refractivity contribution in [2.24, 2.45) is 0 Å². The summed E-state index contributed by atoms with van der Waals surface area (Å²) in [5.41, 5.74) is 7.35. The Morgan fingerprint density at radius 2 is 1.89 bits per heavy atom. The molecule has 0 saturated heterocycles. The number of anilines is 1. The molecule has 5 heteroatoms. The van der Waals surface area contributed by atoms with E-state index < -0.39 is 0 Å². The van der Waals surface area contributed by atoms with Crippen LogP contribution in [-0.2, 0) is 0 Å². The van der Waals surface area contributed by atoms with Gasteiger partial charge in [0.1, 0.15) is 0 Å². The number of nitrogens with zero attached hydrogens (tertiary/aromatic N) is 1. The zero-order valence-corrected chi connectivity index (χ0v) is 11.6. The van der Waals surface area contributed by atoms with Crippen molar-refractivity contribution in [3.05, 3.63) is 50.7 Å². The Morgan fingerprint density at radius 1 is 1.16 bits per heavy atom. The number of hydrogen-bond donors (Lipinski definition) is 1. The van der Waals surface area contributed by atoms with E-state index in [1.807, 2.05) is 6.07 Å². The third kappa shape index (κ3) is 2.24. The predicted molar refractivity (Wildman–Crippen MR) is 78.8 cm³/mol. The van der Waals surface area contributed by atoms with E-state index in [1.54, 1.807) is 28.8 Å². The first-order chi connectivity index (χ1) is 9.08. The van der Waals surface area contributed by atoms with Crippen LogP contribution in [0.15, 0.2) is 35.1 Å². The molecule has 2 N–H and O–H groups in total. The predicted octanol–water partition coefficient (Wildman–Crippen LogP) is 3.74. The number of halogens is 2. The molecule has 0 aliphatic heterocycles. The van der Waals surface area contributed by atoms with Gasteiger partial charge in [-0.15, -0.1) is 0 Å². The van der Waals surface area contributed by atoms with Gasteiger partial charge in [0.25, 0.3) is 5.56 Å². The average Bonchev–Trinajstić information content (AvgIpc) is 3.20. The van der Waals surface area contributed by atoms with Crippen molar-refractivity contribution >= 4 is 28.9 Å². The van der Waals surface area contributed by atoms with E-state index >= 15 is 0 Å². The lowest BCUT2D eigenvalue weighted by Gasteiger charge is -2.14. The van der Waals surface area contributed by atoms with Gasteiger partial charge < -0.3 is 10.3 Å². The molecule has 1 saturated carbocycles. The average molecular weight is 295 g/mol. The minimum Gasteiger partial charge on any atom is -0.394 e. The van der Waals surface area contributed by atoms with E-state index in [-0.39, 0.29) is 17.3 Å². The zero-order chi connectivity index (χ0) is 13.6. The van der Waals surface area contributed by atoms with E-state index in [0.717, 1.165) is 24.1 Å². The van der Waals surface area contributed by atoms with Crippen molar-refractivity contribution in [2.45, 2.75) is 18.9 Å². The summed E-state index contributed by atoms with van der Waals surface area (Å²) in [6.07, 6.45) is 1.99. The summed E-state index contributed by atoms with van der Waals surface area (Å²) in [5, 5.41) is 1.16. The molecule has 2 aromatic rings. The summed E-state index contributed by atoms with van der Waals surface area (Å²) >= 11 is 12.2. The number of rotatable bonds is 2. The van der Waals surface area contributed by atoms with E-state index in [4.69, 9.17) is 28.9 Å². The van der Waals surface area contributed by atoms with Gasteiger partial charge in [-0.2, -0.15) is 0 Å².